The van der Waals surface area contributed by atoms with E-state index < -0.39 is 0 Å². The molecule has 1 aromatic carbocycles. The summed E-state index contributed by atoms with van der Waals surface area (Å²) in [6, 6.07) is 6.58. The molecule has 80 valence electrons. The maximum absolute atomic E-state index is 4.04. The zero-order valence-corrected chi connectivity index (χ0v) is 9.88. The quantitative estimate of drug-likeness (QED) is 0.614. The van der Waals surface area contributed by atoms with Gasteiger partial charge in [-0.3, -0.25) is 0 Å². The van der Waals surface area contributed by atoms with Crippen LogP contribution in [0.15, 0.2) is 42.0 Å². The summed E-state index contributed by atoms with van der Waals surface area (Å²) in [7, 11) is 0. The SMILES string of the molecule is C=c1ccc2c(c1)C(C)(C)C1=CC=CCC=21. The molecule has 0 aromatic heterocycles. The fourth-order valence-corrected chi connectivity index (χ4v) is 2.92. The maximum Gasteiger partial charge on any atom is 0.0155 e. The molecule has 0 saturated carbocycles. The van der Waals surface area contributed by atoms with E-state index in [-0.39, 0.29) is 5.41 Å². The highest BCUT2D eigenvalue weighted by Gasteiger charge is 2.34. The molecule has 3 rings (SSSR count). The second kappa shape index (κ2) is 2.98. The van der Waals surface area contributed by atoms with Crippen LogP contribution in [0.2, 0.25) is 0 Å². The Hall–Kier alpha value is -1.56. The predicted molar refractivity (Wildman–Crippen MR) is 69.5 cm³/mol. The highest BCUT2D eigenvalue weighted by molar-refractivity contribution is 5.77. The maximum atomic E-state index is 4.04. The van der Waals surface area contributed by atoms with E-state index in [0.717, 1.165) is 11.6 Å². The van der Waals surface area contributed by atoms with Gasteiger partial charge in [-0.15, -0.1) is 0 Å². The highest BCUT2D eigenvalue weighted by Crippen LogP contribution is 2.41. The van der Waals surface area contributed by atoms with E-state index in [1.807, 2.05) is 0 Å². The molecule has 2 aliphatic rings. The number of hydrogen-bond acceptors (Lipinski definition) is 0. The van der Waals surface area contributed by atoms with Gasteiger partial charge in [-0.05, 0) is 33.6 Å². The molecule has 0 atom stereocenters. The lowest BCUT2D eigenvalue weighted by molar-refractivity contribution is 0.651. The summed E-state index contributed by atoms with van der Waals surface area (Å²) >= 11 is 0. The Labute approximate surface area is 96.3 Å². The molecular formula is C16H16. The Balaban J connectivity index is 2.43. The van der Waals surface area contributed by atoms with E-state index in [1.54, 1.807) is 0 Å². The Bertz CT molecular complexity index is 624. The van der Waals surface area contributed by atoms with E-state index in [9.17, 15) is 0 Å². The molecule has 0 heteroatoms. The third kappa shape index (κ3) is 1.10. The third-order valence-electron chi connectivity index (χ3n) is 3.80. The van der Waals surface area contributed by atoms with E-state index in [0.29, 0.717) is 0 Å². The summed E-state index contributed by atoms with van der Waals surface area (Å²) in [5, 5.41) is 2.53. The van der Waals surface area contributed by atoms with Gasteiger partial charge in [0.2, 0.25) is 0 Å². The van der Waals surface area contributed by atoms with Crippen LogP contribution in [0.4, 0.5) is 0 Å². The summed E-state index contributed by atoms with van der Waals surface area (Å²) in [6.45, 7) is 8.65. The summed E-state index contributed by atoms with van der Waals surface area (Å²) in [5.41, 5.74) is 4.56. The van der Waals surface area contributed by atoms with Crippen molar-refractivity contribution < 1.29 is 0 Å². The van der Waals surface area contributed by atoms with Crippen LogP contribution in [0.5, 0.6) is 0 Å². The number of hydrogen-bond donors (Lipinski definition) is 0. The second-order valence-electron chi connectivity index (χ2n) is 5.20. The molecule has 0 N–H and O–H groups in total. The van der Waals surface area contributed by atoms with E-state index in [1.165, 1.54) is 21.9 Å². The molecule has 0 amide bonds. The average Bonchev–Trinajstić information content (AvgIpc) is 2.49. The van der Waals surface area contributed by atoms with Crippen LogP contribution in [-0.4, -0.2) is 0 Å². The van der Waals surface area contributed by atoms with Crippen molar-refractivity contribution >= 4 is 12.2 Å². The van der Waals surface area contributed by atoms with Gasteiger partial charge >= 0.3 is 0 Å². The van der Waals surface area contributed by atoms with Crippen molar-refractivity contribution in [3.63, 3.8) is 0 Å². The molecule has 0 fully saturated rings. The minimum atomic E-state index is 0.142. The van der Waals surface area contributed by atoms with Gasteiger partial charge in [0.05, 0.1) is 0 Å². The fraction of sp³-hybridized carbons (Fsp3) is 0.250. The van der Waals surface area contributed by atoms with Crippen molar-refractivity contribution in [1.29, 1.82) is 0 Å². The van der Waals surface area contributed by atoms with Gasteiger partial charge in [0.15, 0.2) is 0 Å². The van der Waals surface area contributed by atoms with Gasteiger partial charge in [0.1, 0.15) is 0 Å². The Morgan fingerprint density at radius 3 is 2.88 bits per heavy atom. The lowest BCUT2D eigenvalue weighted by Crippen LogP contribution is -2.22. The normalized spacial score (nSPS) is 20.4. The molecule has 0 saturated heterocycles. The minimum Gasteiger partial charge on any atom is -0.0918 e. The molecule has 0 spiro atoms. The van der Waals surface area contributed by atoms with Crippen LogP contribution in [0.3, 0.4) is 0 Å². The summed E-state index contributed by atoms with van der Waals surface area (Å²) in [5.74, 6) is 0. The summed E-state index contributed by atoms with van der Waals surface area (Å²) in [4.78, 5) is 0. The molecule has 0 nitrogen and oxygen atoms in total. The van der Waals surface area contributed by atoms with Crippen LogP contribution in [0.1, 0.15) is 25.8 Å². The molecule has 0 bridgehead atoms. The van der Waals surface area contributed by atoms with Crippen LogP contribution >= 0.6 is 0 Å². The monoisotopic (exact) mass is 208 g/mol. The first-order valence-electron chi connectivity index (χ1n) is 5.81. The molecule has 0 aliphatic heterocycles. The van der Waals surface area contributed by atoms with Crippen molar-refractivity contribution in [2.75, 3.05) is 0 Å². The third-order valence-corrected chi connectivity index (χ3v) is 3.80. The number of fused-ring (bicyclic) bond motifs is 2. The largest absolute Gasteiger partial charge is 0.0918 e. The first-order valence-corrected chi connectivity index (χ1v) is 5.81. The van der Waals surface area contributed by atoms with Crippen LogP contribution in [0.25, 0.3) is 12.2 Å². The summed E-state index contributed by atoms with van der Waals surface area (Å²) < 4.78 is 0. The standard InChI is InChI=1S/C16H16/c1-11-8-9-13-12-6-4-5-7-14(12)16(2,3)15(13)10-11/h4-5,7-10H,1,6H2,2-3H3. The van der Waals surface area contributed by atoms with Crippen molar-refractivity contribution in [1.82, 2.24) is 0 Å². The minimum absolute atomic E-state index is 0.142. The smallest absolute Gasteiger partial charge is 0.0155 e. The molecule has 0 radical (unpaired) electrons. The lowest BCUT2D eigenvalue weighted by atomic mass is 9.79. The zero-order valence-electron chi connectivity index (χ0n) is 9.88. The van der Waals surface area contributed by atoms with Crippen molar-refractivity contribution in [3.05, 3.63) is 58.0 Å². The molecule has 16 heavy (non-hydrogen) atoms. The van der Waals surface area contributed by atoms with Gasteiger partial charge in [-0.2, -0.15) is 0 Å². The second-order valence-corrected chi connectivity index (χ2v) is 5.20. The van der Waals surface area contributed by atoms with Crippen LogP contribution < -0.4 is 10.4 Å². The first kappa shape index (κ1) is 9.65. The Kier molecular flexibility index (Phi) is 1.79. The fourth-order valence-electron chi connectivity index (χ4n) is 2.92. The highest BCUT2D eigenvalue weighted by atomic mass is 14.4. The summed E-state index contributed by atoms with van der Waals surface area (Å²) in [6.07, 6.45) is 7.75. The van der Waals surface area contributed by atoms with Gasteiger partial charge in [0, 0.05) is 5.41 Å². The predicted octanol–water partition coefficient (Wildman–Crippen LogP) is 2.43. The van der Waals surface area contributed by atoms with Crippen molar-refractivity contribution in [3.8, 4) is 0 Å². The van der Waals surface area contributed by atoms with E-state index in [2.05, 4.69) is 56.9 Å². The van der Waals surface area contributed by atoms with Gasteiger partial charge in [0.25, 0.3) is 0 Å². The molecule has 0 heterocycles. The van der Waals surface area contributed by atoms with Gasteiger partial charge in [-0.1, -0.05) is 56.9 Å². The van der Waals surface area contributed by atoms with E-state index >= 15 is 0 Å². The molecule has 2 aliphatic carbocycles. The zero-order chi connectivity index (χ0) is 11.3. The van der Waals surface area contributed by atoms with Crippen molar-refractivity contribution in [2.24, 2.45) is 0 Å². The number of rotatable bonds is 0. The van der Waals surface area contributed by atoms with E-state index in [4.69, 9.17) is 0 Å². The lowest BCUT2D eigenvalue weighted by Gasteiger charge is -2.25. The Morgan fingerprint density at radius 2 is 2.06 bits per heavy atom. The molecule has 0 unspecified atom stereocenters. The topological polar surface area (TPSA) is 0 Å². The van der Waals surface area contributed by atoms with Gasteiger partial charge < -0.3 is 0 Å². The molecular weight excluding hydrogens is 192 g/mol. The van der Waals surface area contributed by atoms with Crippen LogP contribution in [-0.2, 0) is 5.41 Å². The van der Waals surface area contributed by atoms with Crippen LogP contribution in [0, 0.1) is 0 Å². The number of allylic oxidation sites excluding steroid dienone is 4. The Morgan fingerprint density at radius 1 is 1.25 bits per heavy atom. The first-order chi connectivity index (χ1) is 7.60. The van der Waals surface area contributed by atoms with Gasteiger partial charge in [-0.25, -0.2) is 0 Å². The average molecular weight is 208 g/mol. The molecule has 1 aromatic rings. The van der Waals surface area contributed by atoms with Crippen molar-refractivity contribution in [2.45, 2.75) is 25.7 Å². The number of benzene rings is 1.